The second-order valence-corrected chi connectivity index (χ2v) is 6.97. The zero-order valence-electron chi connectivity index (χ0n) is 14.6. The number of likely N-dealkylation sites (tertiary alicyclic amines) is 1. The minimum Gasteiger partial charge on any atom is -0.356 e. The van der Waals surface area contributed by atoms with Crippen molar-refractivity contribution in [2.75, 3.05) is 13.1 Å². The first-order valence-corrected chi connectivity index (χ1v) is 7.76. The number of aliphatic imine (C=N–C) groups is 1. The summed E-state index contributed by atoms with van der Waals surface area (Å²) < 4.78 is 0. The van der Waals surface area contributed by atoms with E-state index in [4.69, 9.17) is 4.99 Å². The molecule has 2 rings (SSSR count). The van der Waals surface area contributed by atoms with Gasteiger partial charge in [0.25, 0.3) is 0 Å². The first kappa shape index (κ1) is 19.2. The van der Waals surface area contributed by atoms with E-state index in [1.807, 2.05) is 25.1 Å². The van der Waals surface area contributed by atoms with Crippen molar-refractivity contribution in [3.8, 4) is 0 Å². The number of halogens is 1. The van der Waals surface area contributed by atoms with E-state index in [1.165, 1.54) is 0 Å². The maximum absolute atomic E-state index is 4.78. The molecule has 1 aromatic heterocycles. The zero-order valence-corrected chi connectivity index (χ0v) is 16.9. The molecule has 1 aliphatic rings. The minimum absolute atomic E-state index is 0. The molecule has 0 amide bonds. The highest BCUT2D eigenvalue weighted by Crippen LogP contribution is 2.46. The van der Waals surface area contributed by atoms with Crippen LogP contribution in [0.1, 0.15) is 46.0 Å². The molecular formula is C17H29IN4. The van der Waals surface area contributed by atoms with E-state index in [0.29, 0.717) is 12.0 Å². The summed E-state index contributed by atoms with van der Waals surface area (Å²) in [7, 11) is 0. The molecular weight excluding hydrogens is 387 g/mol. The van der Waals surface area contributed by atoms with Crippen LogP contribution in [0.25, 0.3) is 0 Å². The molecule has 2 heterocycles. The van der Waals surface area contributed by atoms with E-state index >= 15 is 0 Å². The Balaban J connectivity index is 0.00000242. The molecule has 0 unspecified atom stereocenters. The third-order valence-corrected chi connectivity index (χ3v) is 4.81. The molecule has 0 atom stereocenters. The maximum atomic E-state index is 4.78. The zero-order chi connectivity index (χ0) is 15.7. The Morgan fingerprint density at radius 1 is 1.32 bits per heavy atom. The minimum atomic E-state index is 0. The number of hydrogen-bond donors (Lipinski definition) is 1. The Hall–Kier alpha value is -0.850. The Bertz CT molecular complexity index is 537. The van der Waals surface area contributed by atoms with Gasteiger partial charge < -0.3 is 10.2 Å². The highest BCUT2D eigenvalue weighted by atomic mass is 127. The molecule has 0 spiro atoms. The SMILES string of the molecule is CCNC(=NCc1cccc(C)n1)N1CC(C)(C)C1(C)C.I. The van der Waals surface area contributed by atoms with Crippen LogP contribution in [0.15, 0.2) is 23.2 Å². The average molecular weight is 416 g/mol. The van der Waals surface area contributed by atoms with Crippen LogP contribution >= 0.6 is 24.0 Å². The van der Waals surface area contributed by atoms with Gasteiger partial charge in [0, 0.05) is 29.7 Å². The Labute approximate surface area is 151 Å². The first-order valence-electron chi connectivity index (χ1n) is 7.76. The summed E-state index contributed by atoms with van der Waals surface area (Å²) in [4.78, 5) is 11.7. The summed E-state index contributed by atoms with van der Waals surface area (Å²) in [5.74, 6) is 0.991. The van der Waals surface area contributed by atoms with E-state index in [9.17, 15) is 0 Å². The van der Waals surface area contributed by atoms with Crippen molar-refractivity contribution < 1.29 is 0 Å². The summed E-state index contributed by atoms with van der Waals surface area (Å²) in [6, 6.07) is 6.08. The maximum Gasteiger partial charge on any atom is 0.194 e. The smallest absolute Gasteiger partial charge is 0.194 e. The van der Waals surface area contributed by atoms with Crippen LogP contribution in [0.2, 0.25) is 0 Å². The standard InChI is InChI=1S/C17H28N4.HI/c1-7-18-15(21-12-16(3,4)17(21,5)6)19-11-14-10-8-9-13(2)20-14;/h8-10H,7,11-12H2,1-6H3,(H,18,19);1H. The van der Waals surface area contributed by atoms with Gasteiger partial charge in [0.05, 0.1) is 12.2 Å². The number of hydrogen-bond acceptors (Lipinski definition) is 2. The molecule has 124 valence electrons. The highest BCUT2D eigenvalue weighted by Gasteiger charge is 2.53. The number of guanidine groups is 1. The van der Waals surface area contributed by atoms with Crippen molar-refractivity contribution >= 4 is 29.9 Å². The van der Waals surface area contributed by atoms with Crippen LogP contribution in [0.3, 0.4) is 0 Å². The molecule has 1 aromatic rings. The van der Waals surface area contributed by atoms with Crippen LogP contribution in [0, 0.1) is 12.3 Å². The third-order valence-electron chi connectivity index (χ3n) is 4.81. The topological polar surface area (TPSA) is 40.5 Å². The third kappa shape index (κ3) is 3.73. The van der Waals surface area contributed by atoms with Gasteiger partial charge >= 0.3 is 0 Å². The molecule has 22 heavy (non-hydrogen) atoms. The monoisotopic (exact) mass is 416 g/mol. The summed E-state index contributed by atoms with van der Waals surface area (Å²) in [6.45, 7) is 15.9. The number of aromatic nitrogens is 1. The van der Waals surface area contributed by atoms with E-state index in [1.54, 1.807) is 0 Å². The molecule has 0 aromatic carbocycles. The Morgan fingerprint density at radius 3 is 2.50 bits per heavy atom. The van der Waals surface area contributed by atoms with Gasteiger partial charge in [-0.25, -0.2) is 4.99 Å². The van der Waals surface area contributed by atoms with Gasteiger partial charge in [-0.3, -0.25) is 4.98 Å². The van der Waals surface area contributed by atoms with Crippen molar-refractivity contribution in [3.05, 3.63) is 29.6 Å². The molecule has 5 heteroatoms. The van der Waals surface area contributed by atoms with Crippen LogP contribution in [0.5, 0.6) is 0 Å². The highest BCUT2D eigenvalue weighted by molar-refractivity contribution is 14.0. The molecule has 1 N–H and O–H groups in total. The van der Waals surface area contributed by atoms with E-state index in [2.05, 4.69) is 49.8 Å². The van der Waals surface area contributed by atoms with E-state index < -0.39 is 0 Å². The molecule has 1 fully saturated rings. The molecule has 1 aliphatic heterocycles. The second-order valence-electron chi connectivity index (χ2n) is 6.97. The number of pyridine rings is 1. The fraction of sp³-hybridized carbons (Fsp3) is 0.647. The summed E-state index contributed by atoms with van der Waals surface area (Å²) in [5, 5.41) is 3.41. The normalized spacial score (nSPS) is 19.2. The van der Waals surface area contributed by atoms with Gasteiger partial charge in [-0.1, -0.05) is 19.9 Å². The first-order chi connectivity index (χ1) is 9.78. The van der Waals surface area contributed by atoms with Crippen molar-refractivity contribution in [2.24, 2.45) is 10.4 Å². The lowest BCUT2D eigenvalue weighted by Crippen LogP contribution is -2.72. The Kier molecular flexibility index (Phi) is 6.24. The molecule has 0 aliphatic carbocycles. The fourth-order valence-corrected chi connectivity index (χ4v) is 2.64. The largest absolute Gasteiger partial charge is 0.356 e. The molecule has 4 nitrogen and oxygen atoms in total. The number of rotatable bonds is 3. The average Bonchev–Trinajstić information content (AvgIpc) is 2.41. The number of nitrogens with one attached hydrogen (secondary N) is 1. The lowest BCUT2D eigenvalue weighted by molar-refractivity contribution is -0.0667. The van der Waals surface area contributed by atoms with Gasteiger partial charge in [-0.05, 0) is 39.8 Å². The fourth-order valence-electron chi connectivity index (χ4n) is 2.64. The van der Waals surface area contributed by atoms with E-state index in [-0.39, 0.29) is 29.5 Å². The lowest BCUT2D eigenvalue weighted by atomic mass is 9.65. The van der Waals surface area contributed by atoms with E-state index in [0.717, 1.165) is 30.4 Å². The van der Waals surface area contributed by atoms with Gasteiger partial charge in [0.2, 0.25) is 0 Å². The predicted molar refractivity (Wildman–Crippen MR) is 104 cm³/mol. The molecule has 0 saturated carbocycles. The summed E-state index contributed by atoms with van der Waals surface area (Å²) >= 11 is 0. The van der Waals surface area contributed by atoms with Crippen molar-refractivity contribution in [1.29, 1.82) is 0 Å². The van der Waals surface area contributed by atoms with Crippen LogP contribution in [0.4, 0.5) is 0 Å². The quantitative estimate of drug-likeness (QED) is 0.465. The van der Waals surface area contributed by atoms with Gasteiger partial charge in [-0.2, -0.15) is 0 Å². The van der Waals surface area contributed by atoms with Crippen molar-refractivity contribution in [1.82, 2.24) is 15.2 Å². The molecule has 0 radical (unpaired) electrons. The van der Waals surface area contributed by atoms with Crippen LogP contribution in [-0.4, -0.2) is 34.5 Å². The number of nitrogens with zero attached hydrogens (tertiary/aromatic N) is 3. The molecule has 1 saturated heterocycles. The van der Waals surface area contributed by atoms with Crippen LogP contribution < -0.4 is 5.32 Å². The number of aryl methyl sites for hydroxylation is 1. The van der Waals surface area contributed by atoms with Gasteiger partial charge in [0.1, 0.15) is 0 Å². The summed E-state index contributed by atoms with van der Waals surface area (Å²) in [6.07, 6.45) is 0. The van der Waals surface area contributed by atoms with Gasteiger partial charge in [0.15, 0.2) is 5.96 Å². The second kappa shape index (κ2) is 7.15. The molecule has 0 bridgehead atoms. The lowest BCUT2D eigenvalue weighted by Gasteiger charge is -2.62. The predicted octanol–water partition coefficient (Wildman–Crippen LogP) is 3.59. The van der Waals surface area contributed by atoms with Crippen molar-refractivity contribution in [2.45, 2.75) is 53.6 Å². The van der Waals surface area contributed by atoms with Gasteiger partial charge in [-0.15, -0.1) is 24.0 Å². The summed E-state index contributed by atoms with van der Waals surface area (Å²) in [5.41, 5.74) is 2.49. The van der Waals surface area contributed by atoms with Crippen molar-refractivity contribution in [3.63, 3.8) is 0 Å². The van der Waals surface area contributed by atoms with Crippen LogP contribution in [-0.2, 0) is 6.54 Å². The Morgan fingerprint density at radius 2 is 2.00 bits per heavy atom.